The number of anilines is 2. The van der Waals surface area contributed by atoms with Crippen LogP contribution in [0.5, 0.6) is 0 Å². The molecule has 0 radical (unpaired) electrons. The third-order valence-corrected chi connectivity index (χ3v) is 3.99. The van der Waals surface area contributed by atoms with Crippen LogP contribution in [-0.2, 0) is 9.59 Å². The van der Waals surface area contributed by atoms with E-state index >= 15 is 0 Å². The lowest BCUT2D eigenvalue weighted by Crippen LogP contribution is -2.33. The molecule has 0 unspecified atom stereocenters. The van der Waals surface area contributed by atoms with E-state index in [0.29, 0.717) is 29.4 Å². The predicted molar refractivity (Wildman–Crippen MR) is 86.9 cm³/mol. The first-order valence-electron chi connectivity index (χ1n) is 7.18. The highest BCUT2D eigenvalue weighted by Crippen LogP contribution is 2.26. The normalized spacial score (nSPS) is 17.4. The second-order valence-electron chi connectivity index (χ2n) is 5.31. The molecule has 0 saturated carbocycles. The number of nitrogens with one attached hydrogen (secondary N) is 1. The lowest BCUT2D eigenvalue weighted by atomic mass is 10.1. The van der Waals surface area contributed by atoms with Crippen molar-refractivity contribution in [3.63, 3.8) is 0 Å². The van der Waals surface area contributed by atoms with Crippen molar-refractivity contribution in [1.82, 2.24) is 0 Å². The van der Waals surface area contributed by atoms with Gasteiger partial charge in [-0.05, 0) is 48.9 Å². The molecular weight excluding hydrogens is 319 g/mol. The smallest absolute Gasteiger partial charge is 0.239 e. The Balaban J connectivity index is 1.71. The first-order chi connectivity index (χ1) is 11.0. The van der Waals surface area contributed by atoms with Crippen LogP contribution in [0.15, 0.2) is 48.5 Å². The number of hydrogen-bond acceptors (Lipinski definition) is 2. The van der Waals surface area contributed by atoms with Gasteiger partial charge in [0.15, 0.2) is 0 Å². The molecule has 4 nitrogen and oxygen atoms in total. The molecule has 1 aliphatic heterocycles. The summed E-state index contributed by atoms with van der Waals surface area (Å²) in [6, 6.07) is 12.4. The molecule has 0 bridgehead atoms. The maximum atomic E-state index is 13.0. The summed E-state index contributed by atoms with van der Waals surface area (Å²) in [4.78, 5) is 26.2. The molecular formula is C17H14ClFN2O2. The number of halogens is 2. The summed E-state index contributed by atoms with van der Waals surface area (Å²) in [7, 11) is 0. The van der Waals surface area contributed by atoms with Gasteiger partial charge in [-0.15, -0.1) is 0 Å². The highest BCUT2D eigenvalue weighted by atomic mass is 35.5. The molecule has 1 fully saturated rings. The molecule has 3 rings (SSSR count). The van der Waals surface area contributed by atoms with Gasteiger partial charge in [-0.25, -0.2) is 4.39 Å². The number of nitrogens with zero attached hydrogens (tertiary/aromatic N) is 1. The van der Waals surface area contributed by atoms with Crippen LogP contribution in [-0.4, -0.2) is 18.4 Å². The van der Waals surface area contributed by atoms with E-state index in [1.54, 1.807) is 24.3 Å². The minimum atomic E-state index is -0.751. The Bertz CT molecular complexity index is 749. The van der Waals surface area contributed by atoms with Gasteiger partial charge in [0.05, 0.1) is 0 Å². The average molecular weight is 333 g/mol. The van der Waals surface area contributed by atoms with Gasteiger partial charge < -0.3 is 10.2 Å². The van der Waals surface area contributed by atoms with Crippen molar-refractivity contribution in [2.75, 3.05) is 16.8 Å². The zero-order chi connectivity index (χ0) is 16.4. The first-order valence-corrected chi connectivity index (χ1v) is 7.56. The molecule has 2 aromatic rings. The van der Waals surface area contributed by atoms with Crippen LogP contribution in [0.3, 0.4) is 0 Å². The van der Waals surface area contributed by atoms with Crippen LogP contribution in [0.1, 0.15) is 6.42 Å². The lowest BCUT2D eigenvalue weighted by Gasteiger charge is -2.16. The quantitative estimate of drug-likeness (QED) is 0.875. The highest BCUT2D eigenvalue weighted by molar-refractivity contribution is 6.31. The Labute approximate surface area is 137 Å². The fourth-order valence-electron chi connectivity index (χ4n) is 2.60. The molecule has 1 aliphatic rings. The number of carbonyl (C=O) groups is 2. The lowest BCUT2D eigenvalue weighted by molar-refractivity contribution is -0.129. The predicted octanol–water partition coefficient (Wildman–Crippen LogP) is 3.47. The molecule has 0 aliphatic carbocycles. The van der Waals surface area contributed by atoms with Gasteiger partial charge in [0.1, 0.15) is 11.7 Å². The topological polar surface area (TPSA) is 49.4 Å². The number of benzene rings is 2. The van der Waals surface area contributed by atoms with E-state index in [1.165, 1.54) is 29.2 Å². The van der Waals surface area contributed by atoms with Crippen LogP contribution >= 0.6 is 11.6 Å². The first kappa shape index (κ1) is 15.5. The summed E-state index contributed by atoms with van der Waals surface area (Å²) in [5.41, 5.74) is 1.14. The van der Waals surface area contributed by atoms with Crippen molar-refractivity contribution < 1.29 is 14.0 Å². The van der Waals surface area contributed by atoms with E-state index in [2.05, 4.69) is 5.32 Å². The van der Waals surface area contributed by atoms with Gasteiger partial charge in [-0.1, -0.05) is 17.7 Å². The summed E-state index contributed by atoms with van der Waals surface area (Å²) >= 11 is 5.88. The Morgan fingerprint density at radius 2 is 1.96 bits per heavy atom. The van der Waals surface area contributed by atoms with Crippen LogP contribution in [0.4, 0.5) is 15.8 Å². The summed E-state index contributed by atoms with van der Waals surface area (Å²) in [5, 5.41) is 3.21. The van der Waals surface area contributed by atoms with Crippen LogP contribution in [0.2, 0.25) is 5.02 Å². The van der Waals surface area contributed by atoms with Crippen molar-refractivity contribution in [1.29, 1.82) is 0 Å². The fourth-order valence-corrected chi connectivity index (χ4v) is 2.79. The average Bonchev–Trinajstić information content (AvgIpc) is 2.90. The van der Waals surface area contributed by atoms with E-state index in [1.807, 2.05) is 0 Å². The Morgan fingerprint density at radius 1 is 1.22 bits per heavy atom. The van der Waals surface area contributed by atoms with E-state index in [4.69, 9.17) is 11.6 Å². The van der Waals surface area contributed by atoms with E-state index in [0.717, 1.165) is 0 Å². The molecule has 1 atom stereocenters. The second-order valence-corrected chi connectivity index (χ2v) is 5.74. The van der Waals surface area contributed by atoms with E-state index in [-0.39, 0.29) is 17.6 Å². The minimum absolute atomic E-state index is 0.281. The van der Waals surface area contributed by atoms with Gasteiger partial charge in [0.25, 0.3) is 0 Å². The molecule has 6 heteroatoms. The second kappa shape index (κ2) is 6.38. The van der Waals surface area contributed by atoms with Crippen molar-refractivity contribution in [3.8, 4) is 0 Å². The van der Waals surface area contributed by atoms with E-state index < -0.39 is 5.92 Å². The summed E-state index contributed by atoms with van der Waals surface area (Å²) < 4.78 is 13.0. The summed E-state index contributed by atoms with van der Waals surface area (Å²) in [5.74, 6) is -1.76. The van der Waals surface area contributed by atoms with Crippen LogP contribution in [0.25, 0.3) is 0 Å². The molecule has 23 heavy (non-hydrogen) atoms. The Kier molecular flexibility index (Phi) is 4.30. The zero-order valence-electron chi connectivity index (χ0n) is 12.1. The third kappa shape index (κ3) is 3.35. The minimum Gasteiger partial charge on any atom is -0.325 e. The monoisotopic (exact) mass is 332 g/mol. The van der Waals surface area contributed by atoms with Gasteiger partial charge in [0.2, 0.25) is 11.8 Å². The zero-order valence-corrected chi connectivity index (χ0v) is 12.9. The molecule has 0 aromatic heterocycles. The highest BCUT2D eigenvalue weighted by Gasteiger charge is 2.37. The van der Waals surface area contributed by atoms with Gasteiger partial charge in [-0.2, -0.15) is 0 Å². The molecule has 2 aromatic carbocycles. The fraction of sp³-hybridized carbons (Fsp3) is 0.176. The molecule has 0 spiro atoms. The number of rotatable bonds is 3. The molecule has 1 saturated heterocycles. The van der Waals surface area contributed by atoms with Crippen molar-refractivity contribution >= 4 is 34.8 Å². The van der Waals surface area contributed by atoms with Gasteiger partial charge in [0, 0.05) is 22.9 Å². The number of carbonyl (C=O) groups excluding carboxylic acids is 2. The van der Waals surface area contributed by atoms with Crippen LogP contribution < -0.4 is 10.2 Å². The molecule has 118 valence electrons. The van der Waals surface area contributed by atoms with Gasteiger partial charge >= 0.3 is 0 Å². The molecule has 1 N–H and O–H groups in total. The summed E-state index contributed by atoms with van der Waals surface area (Å²) in [6.45, 7) is 0.429. The third-order valence-electron chi connectivity index (χ3n) is 3.75. The Morgan fingerprint density at radius 3 is 2.65 bits per heavy atom. The number of amides is 2. The number of hydrogen-bond donors (Lipinski definition) is 1. The van der Waals surface area contributed by atoms with Crippen molar-refractivity contribution in [2.45, 2.75) is 6.42 Å². The maximum Gasteiger partial charge on any atom is 0.239 e. The summed E-state index contributed by atoms with van der Waals surface area (Å²) in [6.07, 6.45) is 0.419. The largest absolute Gasteiger partial charge is 0.325 e. The maximum absolute atomic E-state index is 13.0. The van der Waals surface area contributed by atoms with Crippen LogP contribution in [0, 0.1) is 11.7 Å². The molecule has 2 amide bonds. The van der Waals surface area contributed by atoms with Gasteiger partial charge in [-0.3, -0.25) is 9.59 Å². The Hall–Kier alpha value is -2.40. The van der Waals surface area contributed by atoms with E-state index in [9.17, 15) is 14.0 Å². The standard InChI is InChI=1S/C17H14ClFN2O2/c18-11-2-1-3-13(10-11)20-16(22)15-8-9-21(17(15)23)14-6-4-12(19)5-7-14/h1-7,10,15H,8-9H2,(H,20,22)/t15-/m0/s1. The molecule has 1 heterocycles. The van der Waals surface area contributed by atoms with Crippen molar-refractivity contribution in [2.24, 2.45) is 5.92 Å². The SMILES string of the molecule is O=C(Nc1cccc(Cl)c1)[C@@H]1CCN(c2ccc(F)cc2)C1=O. The van der Waals surface area contributed by atoms with Crippen molar-refractivity contribution in [3.05, 3.63) is 59.4 Å².